The van der Waals surface area contributed by atoms with Crippen LogP contribution in [0.1, 0.15) is 20.8 Å². The van der Waals surface area contributed by atoms with Crippen molar-refractivity contribution >= 4 is 34.7 Å². The van der Waals surface area contributed by atoms with E-state index in [9.17, 15) is 9.59 Å². The Morgan fingerprint density at radius 3 is 2.63 bits per heavy atom. The summed E-state index contributed by atoms with van der Waals surface area (Å²) >= 11 is 2.07. The fourth-order valence-corrected chi connectivity index (χ4v) is 1.71. The summed E-state index contributed by atoms with van der Waals surface area (Å²) in [6, 6.07) is -1.09. The molecule has 0 aliphatic carbocycles. The number of aliphatic carboxylic acids is 1. The fraction of sp³-hybridized carbons (Fsp3) is 0.545. The Morgan fingerprint density at radius 1 is 1.58 bits per heavy atom. The van der Waals surface area contributed by atoms with Crippen LogP contribution < -0.4 is 5.32 Å². The van der Waals surface area contributed by atoms with E-state index in [0.29, 0.717) is 0 Å². The van der Waals surface area contributed by atoms with E-state index in [1.807, 2.05) is 0 Å². The van der Waals surface area contributed by atoms with Gasteiger partial charge in [-0.2, -0.15) is 5.10 Å². The number of carbonyl (C=O) groups is 2. The number of carboxylic acids is 1. The number of hydrogen-bond donors (Lipinski definition) is 2. The van der Waals surface area contributed by atoms with E-state index in [4.69, 9.17) is 9.84 Å². The van der Waals surface area contributed by atoms with Crippen molar-refractivity contribution < 1.29 is 19.4 Å². The summed E-state index contributed by atoms with van der Waals surface area (Å²) in [5, 5.41) is 15.4. The molecule has 1 aromatic rings. The number of rotatable bonds is 4. The van der Waals surface area contributed by atoms with Crippen LogP contribution in [0.25, 0.3) is 0 Å². The van der Waals surface area contributed by atoms with Crippen molar-refractivity contribution in [3.05, 3.63) is 16.0 Å². The highest BCUT2D eigenvalue weighted by Crippen LogP contribution is 2.07. The van der Waals surface area contributed by atoms with Crippen LogP contribution >= 0.6 is 22.6 Å². The molecule has 0 saturated heterocycles. The monoisotopic (exact) mass is 381 g/mol. The highest BCUT2D eigenvalue weighted by atomic mass is 127. The van der Waals surface area contributed by atoms with Crippen LogP contribution in [0.4, 0.5) is 4.79 Å². The molecule has 0 aromatic carbocycles. The van der Waals surface area contributed by atoms with Crippen molar-refractivity contribution in [3.8, 4) is 0 Å². The Kier molecular flexibility index (Phi) is 5.15. The molecule has 1 atom stereocenters. The van der Waals surface area contributed by atoms with Gasteiger partial charge in [0.15, 0.2) is 0 Å². The SMILES string of the molecule is CC(C)(C)OC(=O)NC(Cn1cc(I)cn1)C(=O)O. The van der Waals surface area contributed by atoms with Gasteiger partial charge in [-0.1, -0.05) is 0 Å². The number of amides is 1. The molecule has 0 aliphatic rings. The van der Waals surface area contributed by atoms with Crippen LogP contribution in [0.3, 0.4) is 0 Å². The van der Waals surface area contributed by atoms with Crippen molar-refractivity contribution in [2.24, 2.45) is 0 Å². The molecule has 0 spiro atoms. The lowest BCUT2D eigenvalue weighted by Crippen LogP contribution is -2.45. The summed E-state index contributed by atoms with van der Waals surface area (Å²) in [5.41, 5.74) is -0.672. The smallest absolute Gasteiger partial charge is 0.408 e. The number of alkyl carbamates (subject to hydrolysis) is 1. The Labute approximate surface area is 124 Å². The maximum Gasteiger partial charge on any atom is 0.408 e. The standard InChI is InChI=1S/C11H16IN3O4/c1-11(2,3)19-10(18)14-8(9(16)17)6-15-5-7(12)4-13-15/h4-5,8H,6H2,1-3H3,(H,14,18)(H,16,17). The van der Waals surface area contributed by atoms with Gasteiger partial charge in [0, 0.05) is 6.20 Å². The molecular weight excluding hydrogens is 365 g/mol. The van der Waals surface area contributed by atoms with Crippen molar-refractivity contribution in [1.29, 1.82) is 0 Å². The average molecular weight is 381 g/mol. The Hall–Kier alpha value is -1.32. The first-order chi connectivity index (χ1) is 8.67. The number of carbonyl (C=O) groups excluding carboxylic acids is 1. The maximum absolute atomic E-state index is 11.5. The van der Waals surface area contributed by atoms with Gasteiger partial charge in [-0.25, -0.2) is 9.59 Å². The minimum Gasteiger partial charge on any atom is -0.480 e. The number of hydrogen-bond acceptors (Lipinski definition) is 4. The number of nitrogens with one attached hydrogen (secondary N) is 1. The van der Waals surface area contributed by atoms with Crippen molar-refractivity contribution in [2.75, 3.05) is 0 Å². The third kappa shape index (κ3) is 5.90. The van der Waals surface area contributed by atoms with Crippen LogP contribution in [0, 0.1) is 3.57 Å². The second kappa shape index (κ2) is 6.22. The van der Waals surface area contributed by atoms with E-state index in [1.54, 1.807) is 33.2 Å². The Bertz CT molecular complexity index is 467. The maximum atomic E-state index is 11.5. The summed E-state index contributed by atoms with van der Waals surface area (Å²) in [4.78, 5) is 22.6. The molecule has 19 heavy (non-hydrogen) atoms. The van der Waals surface area contributed by atoms with Gasteiger partial charge in [0.05, 0.1) is 16.3 Å². The fourth-order valence-electron chi connectivity index (χ4n) is 1.26. The van der Waals surface area contributed by atoms with Crippen LogP contribution in [-0.4, -0.2) is 38.6 Å². The van der Waals surface area contributed by atoms with Crippen molar-refractivity contribution in [2.45, 2.75) is 39.0 Å². The predicted octanol–water partition coefficient (Wildman–Crippen LogP) is 1.47. The topological polar surface area (TPSA) is 93.5 Å². The second-order valence-corrected chi connectivity index (χ2v) is 6.16. The van der Waals surface area contributed by atoms with E-state index in [2.05, 4.69) is 33.0 Å². The quantitative estimate of drug-likeness (QED) is 0.771. The minimum atomic E-state index is -1.14. The van der Waals surface area contributed by atoms with Crippen molar-refractivity contribution in [1.82, 2.24) is 15.1 Å². The molecule has 8 heteroatoms. The van der Waals surface area contributed by atoms with Gasteiger partial charge in [-0.05, 0) is 43.4 Å². The van der Waals surface area contributed by atoms with Crippen LogP contribution in [-0.2, 0) is 16.1 Å². The molecule has 1 aromatic heterocycles. The molecule has 1 unspecified atom stereocenters. The lowest BCUT2D eigenvalue weighted by atomic mass is 10.2. The molecule has 7 nitrogen and oxygen atoms in total. The zero-order valence-electron chi connectivity index (χ0n) is 10.9. The average Bonchev–Trinajstić information content (AvgIpc) is 2.60. The summed E-state index contributed by atoms with van der Waals surface area (Å²) in [5.74, 6) is -1.14. The lowest BCUT2D eigenvalue weighted by Gasteiger charge is -2.21. The number of aromatic nitrogens is 2. The van der Waals surface area contributed by atoms with E-state index in [0.717, 1.165) is 3.57 Å². The first kappa shape index (κ1) is 15.7. The van der Waals surface area contributed by atoms with E-state index in [1.165, 1.54) is 4.68 Å². The third-order valence-corrected chi connectivity index (χ3v) is 2.52. The third-order valence-electron chi connectivity index (χ3n) is 1.96. The molecule has 0 bridgehead atoms. The van der Waals surface area contributed by atoms with Gasteiger partial charge in [-0.3, -0.25) is 4.68 Å². The lowest BCUT2D eigenvalue weighted by molar-refractivity contribution is -0.139. The zero-order valence-corrected chi connectivity index (χ0v) is 13.0. The van der Waals surface area contributed by atoms with Gasteiger partial charge in [0.25, 0.3) is 0 Å². The molecular formula is C11H16IN3O4. The molecule has 1 amide bonds. The predicted molar refractivity (Wildman–Crippen MR) is 75.7 cm³/mol. The molecule has 2 N–H and O–H groups in total. The van der Waals surface area contributed by atoms with Crippen LogP contribution in [0.15, 0.2) is 12.4 Å². The molecule has 0 saturated carbocycles. The van der Waals surface area contributed by atoms with E-state index >= 15 is 0 Å². The number of ether oxygens (including phenoxy) is 1. The summed E-state index contributed by atoms with van der Waals surface area (Å²) in [7, 11) is 0. The highest BCUT2D eigenvalue weighted by Gasteiger charge is 2.24. The first-order valence-electron chi connectivity index (χ1n) is 5.57. The van der Waals surface area contributed by atoms with E-state index < -0.39 is 23.7 Å². The Balaban J connectivity index is 2.63. The van der Waals surface area contributed by atoms with Gasteiger partial charge >= 0.3 is 12.1 Å². The normalized spacial score (nSPS) is 12.8. The zero-order chi connectivity index (χ0) is 14.6. The Morgan fingerprint density at radius 2 is 2.21 bits per heavy atom. The van der Waals surface area contributed by atoms with Crippen LogP contribution in [0.2, 0.25) is 0 Å². The second-order valence-electron chi connectivity index (χ2n) is 4.92. The first-order valence-corrected chi connectivity index (χ1v) is 6.65. The number of nitrogens with zero attached hydrogens (tertiary/aromatic N) is 2. The van der Waals surface area contributed by atoms with Crippen molar-refractivity contribution in [3.63, 3.8) is 0 Å². The van der Waals surface area contributed by atoms with Gasteiger partial charge in [-0.15, -0.1) is 0 Å². The number of halogens is 1. The molecule has 0 fully saturated rings. The van der Waals surface area contributed by atoms with Gasteiger partial charge < -0.3 is 15.2 Å². The number of carboxylic acid groups (broad SMARTS) is 1. The largest absolute Gasteiger partial charge is 0.480 e. The highest BCUT2D eigenvalue weighted by molar-refractivity contribution is 14.1. The summed E-state index contributed by atoms with van der Waals surface area (Å²) in [6.07, 6.45) is 2.53. The van der Waals surface area contributed by atoms with E-state index in [-0.39, 0.29) is 6.54 Å². The summed E-state index contributed by atoms with van der Waals surface area (Å²) < 4.78 is 7.36. The summed E-state index contributed by atoms with van der Waals surface area (Å²) in [6.45, 7) is 5.16. The molecule has 106 valence electrons. The molecule has 1 heterocycles. The molecule has 0 aliphatic heterocycles. The molecule has 0 radical (unpaired) electrons. The molecule has 1 rings (SSSR count). The van der Waals surface area contributed by atoms with Gasteiger partial charge in [0.2, 0.25) is 0 Å². The minimum absolute atomic E-state index is 0.0393. The van der Waals surface area contributed by atoms with Crippen LogP contribution in [0.5, 0.6) is 0 Å². The van der Waals surface area contributed by atoms with Gasteiger partial charge in [0.1, 0.15) is 11.6 Å².